The predicted octanol–water partition coefficient (Wildman–Crippen LogP) is 1.05. The summed E-state index contributed by atoms with van der Waals surface area (Å²) in [6.45, 7) is 6.84. The molecule has 0 spiro atoms. The quantitative estimate of drug-likeness (QED) is 0.580. The van der Waals surface area contributed by atoms with Gasteiger partial charge in [0.15, 0.2) is 0 Å². The number of ether oxygens (including phenoxy) is 1. The van der Waals surface area contributed by atoms with Crippen molar-refractivity contribution in [2.45, 2.75) is 26.9 Å². The Morgan fingerprint density at radius 2 is 1.63 bits per heavy atom. The highest BCUT2D eigenvalue weighted by Crippen LogP contribution is 2.60. The highest BCUT2D eigenvalue weighted by molar-refractivity contribution is 7.75. The maximum atomic E-state index is 11.8. The molecule has 0 aliphatic rings. The summed E-state index contributed by atoms with van der Waals surface area (Å²) in [7, 11) is 0.500. The summed E-state index contributed by atoms with van der Waals surface area (Å²) >= 11 is 0. The molecule has 0 bridgehead atoms. The number of rotatable bonds is 6. The third kappa shape index (κ3) is 4.47. The summed E-state index contributed by atoms with van der Waals surface area (Å²) in [6, 6.07) is 7.86. The van der Waals surface area contributed by atoms with Gasteiger partial charge >= 0.3 is 5.97 Å². The van der Waals surface area contributed by atoms with Crippen molar-refractivity contribution in [3.8, 4) is 0 Å². The van der Waals surface area contributed by atoms with Gasteiger partial charge in [-0.05, 0) is 26.8 Å². The smallest absolute Gasteiger partial charge is 0.338 e. The van der Waals surface area contributed by atoms with Crippen LogP contribution in [0.15, 0.2) is 24.3 Å². The lowest BCUT2D eigenvalue weighted by molar-refractivity contribution is -0.0000188. The monoisotopic (exact) mass is 302 g/mol. The molecule has 0 amide bonds. The first kappa shape index (κ1) is 18.4. The first-order valence-corrected chi connectivity index (χ1v) is 9.16. The minimum absolute atomic E-state index is 0. The summed E-state index contributed by atoms with van der Waals surface area (Å²) < 4.78 is 4.87. The molecule has 0 aliphatic heterocycles. The molecule has 0 atom stereocenters. The van der Waals surface area contributed by atoms with Crippen molar-refractivity contribution in [1.29, 1.82) is 0 Å². The number of hydrogen-bond acceptors (Lipinski definition) is 2. The minimum Gasteiger partial charge on any atom is -1.00 e. The third-order valence-corrected chi connectivity index (χ3v) is 8.98. The summed E-state index contributed by atoms with van der Waals surface area (Å²) in [5, 5.41) is 0. The van der Waals surface area contributed by atoms with Gasteiger partial charge in [0.1, 0.15) is 0 Å². The zero-order valence-electron chi connectivity index (χ0n) is 12.3. The van der Waals surface area contributed by atoms with Crippen LogP contribution in [0.2, 0.25) is 0 Å². The first-order valence-electron chi connectivity index (χ1n) is 6.63. The molecule has 108 valence electrons. The van der Waals surface area contributed by atoms with E-state index in [1.54, 1.807) is 0 Å². The summed E-state index contributed by atoms with van der Waals surface area (Å²) in [6.07, 6.45) is 4.79. The standard InChI is InChI=1S/C15H24O2P.ClH/c1-5-18(6-2,7-3)12-13-10-8-9-11-14(13)15(16)17-4;/h8-11H,5-7,12H2,1-4H3;1H/q+1;/p-1. The Hall–Kier alpha value is -0.590. The molecule has 2 nitrogen and oxygen atoms in total. The second-order valence-electron chi connectivity index (χ2n) is 4.60. The minimum atomic E-state index is -0.946. The van der Waals surface area contributed by atoms with Gasteiger partial charge in [0.25, 0.3) is 0 Å². The van der Waals surface area contributed by atoms with Crippen molar-refractivity contribution in [1.82, 2.24) is 0 Å². The van der Waals surface area contributed by atoms with Crippen LogP contribution in [0.4, 0.5) is 0 Å². The summed E-state index contributed by atoms with van der Waals surface area (Å²) in [4.78, 5) is 11.8. The van der Waals surface area contributed by atoms with Crippen LogP contribution in [0.1, 0.15) is 36.7 Å². The molecule has 0 radical (unpaired) electrons. The normalized spacial score (nSPS) is 10.7. The zero-order valence-corrected chi connectivity index (χ0v) is 13.9. The van der Waals surface area contributed by atoms with E-state index < -0.39 is 7.26 Å². The number of methoxy groups -OCH3 is 1. The number of benzene rings is 1. The zero-order chi connectivity index (χ0) is 13.6. The second kappa shape index (κ2) is 8.55. The summed E-state index contributed by atoms with van der Waals surface area (Å²) in [5.41, 5.74) is 1.89. The molecule has 0 aromatic heterocycles. The average molecular weight is 303 g/mol. The number of halogens is 1. The second-order valence-corrected chi connectivity index (χ2v) is 9.49. The molecule has 19 heavy (non-hydrogen) atoms. The number of hydrogen-bond donors (Lipinski definition) is 0. The number of carbonyl (C=O) groups is 1. The van der Waals surface area contributed by atoms with Gasteiger partial charge in [0, 0.05) is 12.8 Å². The molecule has 0 saturated heterocycles. The van der Waals surface area contributed by atoms with E-state index >= 15 is 0 Å². The largest absolute Gasteiger partial charge is 1.00 e. The molecule has 1 aromatic rings. The van der Waals surface area contributed by atoms with Crippen LogP contribution in [0.5, 0.6) is 0 Å². The lowest BCUT2D eigenvalue weighted by atomic mass is 10.1. The van der Waals surface area contributed by atoms with Crippen LogP contribution in [-0.2, 0) is 10.9 Å². The van der Waals surface area contributed by atoms with Crippen molar-refractivity contribution in [3.63, 3.8) is 0 Å². The van der Waals surface area contributed by atoms with E-state index in [0.717, 1.165) is 17.3 Å². The van der Waals surface area contributed by atoms with E-state index in [1.807, 2.05) is 18.2 Å². The predicted molar refractivity (Wildman–Crippen MR) is 80.0 cm³/mol. The van der Waals surface area contributed by atoms with Crippen LogP contribution in [0, 0.1) is 0 Å². The van der Waals surface area contributed by atoms with Crippen molar-refractivity contribution in [2.24, 2.45) is 0 Å². The molecule has 0 aliphatic carbocycles. The van der Waals surface area contributed by atoms with Crippen molar-refractivity contribution >= 4 is 13.2 Å². The highest BCUT2D eigenvalue weighted by Gasteiger charge is 2.32. The van der Waals surface area contributed by atoms with E-state index in [9.17, 15) is 4.79 Å². The van der Waals surface area contributed by atoms with E-state index in [2.05, 4.69) is 26.8 Å². The Bertz CT molecular complexity index is 395. The van der Waals surface area contributed by atoms with Gasteiger partial charge in [-0.3, -0.25) is 0 Å². The SMILES string of the molecule is CC[P+](CC)(CC)Cc1ccccc1C(=O)OC.[Cl-]. The van der Waals surface area contributed by atoms with Gasteiger partial charge in [-0.2, -0.15) is 0 Å². The summed E-state index contributed by atoms with van der Waals surface area (Å²) in [5.74, 6) is -0.216. The number of esters is 1. The van der Waals surface area contributed by atoms with Crippen LogP contribution in [-0.4, -0.2) is 31.6 Å². The van der Waals surface area contributed by atoms with Gasteiger partial charge < -0.3 is 17.1 Å². The maximum Gasteiger partial charge on any atom is 0.338 e. The number of carbonyl (C=O) groups excluding carboxylic acids is 1. The van der Waals surface area contributed by atoms with Crippen LogP contribution in [0.3, 0.4) is 0 Å². The fourth-order valence-electron chi connectivity index (χ4n) is 2.33. The Morgan fingerprint density at radius 3 is 2.11 bits per heavy atom. The molecule has 1 aromatic carbocycles. The lowest BCUT2D eigenvalue weighted by Gasteiger charge is -2.24. The van der Waals surface area contributed by atoms with Gasteiger partial charge in [-0.25, -0.2) is 4.79 Å². The highest BCUT2D eigenvalue weighted by atomic mass is 35.5. The van der Waals surface area contributed by atoms with Crippen LogP contribution in [0.25, 0.3) is 0 Å². The fourth-order valence-corrected chi connectivity index (χ4v) is 5.35. The Kier molecular flexibility index (Phi) is 8.29. The topological polar surface area (TPSA) is 26.3 Å². The van der Waals surface area contributed by atoms with Gasteiger partial charge in [-0.15, -0.1) is 0 Å². The van der Waals surface area contributed by atoms with Gasteiger partial charge in [0.05, 0.1) is 37.3 Å². The third-order valence-electron chi connectivity index (χ3n) is 3.94. The molecular weight excluding hydrogens is 279 g/mol. The van der Waals surface area contributed by atoms with Gasteiger partial charge in [-0.1, -0.05) is 18.2 Å². The Labute approximate surface area is 123 Å². The fraction of sp³-hybridized carbons (Fsp3) is 0.533. The van der Waals surface area contributed by atoms with Crippen molar-refractivity contribution < 1.29 is 21.9 Å². The molecule has 4 heteroatoms. The van der Waals surface area contributed by atoms with Crippen LogP contribution < -0.4 is 12.4 Å². The molecule has 0 unspecified atom stereocenters. The molecular formula is C15H24ClO2P. The van der Waals surface area contributed by atoms with Gasteiger partial charge in [0.2, 0.25) is 0 Å². The van der Waals surface area contributed by atoms with E-state index in [-0.39, 0.29) is 18.4 Å². The Morgan fingerprint density at radius 1 is 1.11 bits per heavy atom. The lowest BCUT2D eigenvalue weighted by Crippen LogP contribution is -3.00. The van der Waals surface area contributed by atoms with Crippen LogP contribution >= 0.6 is 7.26 Å². The maximum absolute atomic E-state index is 11.8. The molecule has 1 rings (SSSR count). The van der Waals surface area contributed by atoms with Crippen molar-refractivity contribution in [3.05, 3.63) is 35.4 Å². The molecule has 0 fully saturated rings. The first-order chi connectivity index (χ1) is 8.62. The van der Waals surface area contributed by atoms with E-state index in [1.165, 1.54) is 25.6 Å². The molecule has 0 heterocycles. The van der Waals surface area contributed by atoms with Crippen molar-refractivity contribution in [2.75, 3.05) is 25.6 Å². The van der Waals surface area contributed by atoms with E-state index in [4.69, 9.17) is 4.74 Å². The average Bonchev–Trinajstić information content (AvgIpc) is 2.44. The molecule has 0 N–H and O–H groups in total. The van der Waals surface area contributed by atoms with E-state index in [0.29, 0.717) is 0 Å². The molecule has 0 saturated carbocycles. The Balaban J connectivity index is 0.00000324.